The van der Waals surface area contributed by atoms with Crippen molar-refractivity contribution in [1.82, 2.24) is 20.0 Å². The molecule has 0 aliphatic carbocycles. The Bertz CT molecular complexity index is 424. The zero-order valence-electron chi connectivity index (χ0n) is 13.7. The van der Waals surface area contributed by atoms with Crippen molar-refractivity contribution in [2.45, 2.75) is 26.2 Å². The fraction of sp³-hybridized carbons (Fsp3) is 0.800. The molecule has 7 nitrogen and oxygen atoms in total. The van der Waals surface area contributed by atoms with Gasteiger partial charge in [0.1, 0.15) is 0 Å². The number of carbonyl (C=O) groups excluding carboxylic acids is 2. The molecular weight excluding hydrogens is 282 g/mol. The Morgan fingerprint density at radius 3 is 2.05 bits per heavy atom. The van der Waals surface area contributed by atoms with Gasteiger partial charge >= 0.3 is 0 Å². The molecule has 2 fully saturated rings. The average Bonchev–Trinajstić information content (AvgIpc) is 2.56. The number of likely N-dealkylation sites (tertiary alicyclic amines) is 1. The minimum Gasteiger partial charge on any atom is -0.347 e. The smallest absolute Gasteiger partial charge is 0.241 e. The van der Waals surface area contributed by atoms with Crippen LogP contribution in [-0.2, 0) is 9.59 Å². The van der Waals surface area contributed by atoms with Crippen molar-refractivity contribution in [2.75, 3.05) is 52.9 Å². The van der Waals surface area contributed by atoms with E-state index < -0.39 is 0 Å². The van der Waals surface area contributed by atoms with Crippen LogP contribution < -0.4 is 5.32 Å². The molecular formula is C15H27N5O2. The van der Waals surface area contributed by atoms with Crippen molar-refractivity contribution in [1.29, 1.82) is 0 Å². The molecule has 1 N–H and O–H groups in total. The van der Waals surface area contributed by atoms with E-state index in [-0.39, 0.29) is 11.8 Å². The zero-order chi connectivity index (χ0) is 15.9. The third-order valence-electron chi connectivity index (χ3n) is 4.34. The predicted molar refractivity (Wildman–Crippen MR) is 85.6 cm³/mol. The second-order valence-electron chi connectivity index (χ2n) is 5.84. The van der Waals surface area contributed by atoms with E-state index in [0.717, 1.165) is 45.0 Å². The second kappa shape index (κ2) is 8.00. The van der Waals surface area contributed by atoms with E-state index in [1.807, 2.05) is 9.80 Å². The van der Waals surface area contributed by atoms with Gasteiger partial charge in [0.2, 0.25) is 11.8 Å². The summed E-state index contributed by atoms with van der Waals surface area (Å²) in [6.07, 6.45) is 3.43. The molecule has 0 aromatic carbocycles. The molecule has 0 aromatic heterocycles. The highest BCUT2D eigenvalue weighted by Gasteiger charge is 2.22. The van der Waals surface area contributed by atoms with Gasteiger partial charge in [-0.05, 0) is 19.3 Å². The maximum atomic E-state index is 12.2. The summed E-state index contributed by atoms with van der Waals surface area (Å²) in [7, 11) is 1.73. The van der Waals surface area contributed by atoms with E-state index >= 15 is 0 Å². The summed E-state index contributed by atoms with van der Waals surface area (Å²) in [5.41, 5.74) is 0. The fourth-order valence-corrected chi connectivity index (χ4v) is 2.98. The van der Waals surface area contributed by atoms with Crippen LogP contribution in [0.1, 0.15) is 26.2 Å². The highest BCUT2D eigenvalue weighted by atomic mass is 16.2. The molecule has 0 saturated carbocycles. The van der Waals surface area contributed by atoms with E-state index in [2.05, 4.69) is 15.2 Å². The number of hydrogen-bond acceptors (Lipinski definition) is 3. The number of carbonyl (C=O) groups is 2. The Labute approximate surface area is 132 Å². The third kappa shape index (κ3) is 4.35. The van der Waals surface area contributed by atoms with Crippen LogP contribution in [0.2, 0.25) is 0 Å². The van der Waals surface area contributed by atoms with Crippen LogP contribution in [0.4, 0.5) is 0 Å². The van der Waals surface area contributed by atoms with Crippen molar-refractivity contribution >= 4 is 17.8 Å². The zero-order valence-corrected chi connectivity index (χ0v) is 13.7. The summed E-state index contributed by atoms with van der Waals surface area (Å²) in [6.45, 7) is 6.53. The summed E-state index contributed by atoms with van der Waals surface area (Å²) in [5.74, 6) is 1.000. The first-order valence-electron chi connectivity index (χ1n) is 8.10. The Kier molecular flexibility index (Phi) is 6.03. The maximum absolute atomic E-state index is 12.2. The van der Waals surface area contributed by atoms with Gasteiger partial charge in [-0.3, -0.25) is 14.6 Å². The molecule has 0 spiro atoms. The van der Waals surface area contributed by atoms with Gasteiger partial charge in [0.05, 0.1) is 6.54 Å². The van der Waals surface area contributed by atoms with E-state index in [0.29, 0.717) is 19.6 Å². The van der Waals surface area contributed by atoms with Crippen molar-refractivity contribution in [3.63, 3.8) is 0 Å². The van der Waals surface area contributed by atoms with E-state index in [9.17, 15) is 9.59 Å². The molecule has 2 saturated heterocycles. The number of piperidine rings is 1. The van der Waals surface area contributed by atoms with Gasteiger partial charge in [-0.15, -0.1) is 0 Å². The number of piperazine rings is 1. The van der Waals surface area contributed by atoms with Gasteiger partial charge in [-0.25, -0.2) is 0 Å². The standard InChI is InChI=1S/C15H27N5O2/c1-13(21)18-8-10-20(11-9-18)15(16-2)17-12-14(22)19-6-4-3-5-7-19/h3-12H2,1-2H3,(H,16,17). The second-order valence-corrected chi connectivity index (χ2v) is 5.84. The lowest BCUT2D eigenvalue weighted by Crippen LogP contribution is -2.54. The highest BCUT2D eigenvalue weighted by molar-refractivity contribution is 5.86. The van der Waals surface area contributed by atoms with Gasteiger partial charge in [0.25, 0.3) is 0 Å². The molecule has 7 heteroatoms. The minimum atomic E-state index is 0.114. The first-order chi connectivity index (χ1) is 10.6. The molecule has 2 rings (SSSR count). The number of amides is 2. The number of nitrogens with one attached hydrogen (secondary N) is 1. The lowest BCUT2D eigenvalue weighted by molar-refractivity contribution is -0.131. The lowest BCUT2D eigenvalue weighted by atomic mass is 10.1. The molecule has 2 aliphatic heterocycles. The summed E-state index contributed by atoms with van der Waals surface area (Å²) in [4.78, 5) is 33.6. The molecule has 0 unspecified atom stereocenters. The normalized spacial score (nSPS) is 20.1. The number of aliphatic imine (C=N–C) groups is 1. The van der Waals surface area contributed by atoms with Crippen molar-refractivity contribution < 1.29 is 9.59 Å². The van der Waals surface area contributed by atoms with Crippen LogP contribution in [0.15, 0.2) is 4.99 Å². The van der Waals surface area contributed by atoms with E-state index in [1.54, 1.807) is 14.0 Å². The summed E-state index contributed by atoms with van der Waals surface area (Å²) < 4.78 is 0. The maximum Gasteiger partial charge on any atom is 0.241 e. The van der Waals surface area contributed by atoms with Crippen LogP contribution >= 0.6 is 0 Å². The van der Waals surface area contributed by atoms with Gasteiger partial charge in [0.15, 0.2) is 5.96 Å². The molecule has 2 aliphatic rings. The number of guanidine groups is 1. The van der Waals surface area contributed by atoms with Gasteiger partial charge in [0, 0.05) is 53.2 Å². The molecule has 22 heavy (non-hydrogen) atoms. The number of hydrogen-bond donors (Lipinski definition) is 1. The Morgan fingerprint density at radius 1 is 0.909 bits per heavy atom. The van der Waals surface area contributed by atoms with Crippen LogP contribution in [0.3, 0.4) is 0 Å². The topological polar surface area (TPSA) is 68.2 Å². The quantitative estimate of drug-likeness (QED) is 0.564. The monoisotopic (exact) mass is 309 g/mol. The fourth-order valence-electron chi connectivity index (χ4n) is 2.98. The highest BCUT2D eigenvalue weighted by Crippen LogP contribution is 2.08. The Morgan fingerprint density at radius 2 is 1.50 bits per heavy atom. The van der Waals surface area contributed by atoms with Gasteiger partial charge < -0.3 is 20.0 Å². The minimum absolute atomic E-state index is 0.114. The SMILES string of the molecule is CN=C(NCC(=O)N1CCCCC1)N1CCN(C(C)=O)CC1. The number of rotatable bonds is 2. The summed E-state index contributed by atoms with van der Waals surface area (Å²) in [6, 6.07) is 0. The third-order valence-corrected chi connectivity index (χ3v) is 4.34. The van der Waals surface area contributed by atoms with E-state index in [4.69, 9.17) is 0 Å². The van der Waals surface area contributed by atoms with Crippen LogP contribution in [-0.4, -0.2) is 85.3 Å². The van der Waals surface area contributed by atoms with Crippen LogP contribution in [0.25, 0.3) is 0 Å². The molecule has 0 radical (unpaired) electrons. The van der Waals surface area contributed by atoms with Crippen LogP contribution in [0.5, 0.6) is 0 Å². The van der Waals surface area contributed by atoms with Gasteiger partial charge in [-0.1, -0.05) is 0 Å². The molecule has 124 valence electrons. The first-order valence-corrected chi connectivity index (χ1v) is 8.10. The largest absolute Gasteiger partial charge is 0.347 e. The molecule has 0 aromatic rings. The van der Waals surface area contributed by atoms with E-state index in [1.165, 1.54) is 6.42 Å². The summed E-state index contributed by atoms with van der Waals surface area (Å²) >= 11 is 0. The van der Waals surface area contributed by atoms with Crippen molar-refractivity contribution in [3.8, 4) is 0 Å². The molecule has 0 bridgehead atoms. The Balaban J connectivity index is 1.78. The van der Waals surface area contributed by atoms with Crippen molar-refractivity contribution in [2.24, 2.45) is 4.99 Å². The molecule has 2 amide bonds. The first kappa shape index (κ1) is 16.6. The summed E-state index contributed by atoms with van der Waals surface area (Å²) in [5, 5.41) is 3.16. The Hall–Kier alpha value is -1.79. The lowest BCUT2D eigenvalue weighted by Gasteiger charge is -2.36. The molecule has 0 atom stereocenters. The molecule has 2 heterocycles. The average molecular weight is 309 g/mol. The van der Waals surface area contributed by atoms with Gasteiger partial charge in [-0.2, -0.15) is 0 Å². The van der Waals surface area contributed by atoms with Crippen molar-refractivity contribution in [3.05, 3.63) is 0 Å². The number of nitrogens with zero attached hydrogens (tertiary/aromatic N) is 4. The van der Waals surface area contributed by atoms with Crippen LogP contribution in [0, 0.1) is 0 Å². The predicted octanol–water partition coefficient (Wildman–Crippen LogP) is -0.262.